The second-order valence-electron chi connectivity index (χ2n) is 7.79. The maximum atomic E-state index is 11.3. The van der Waals surface area contributed by atoms with Gasteiger partial charge in [-0.2, -0.15) is 25.3 Å². The maximum absolute atomic E-state index is 11.3. The third-order valence-electron chi connectivity index (χ3n) is 5.27. The van der Waals surface area contributed by atoms with Gasteiger partial charge in [-0.3, -0.25) is 13.7 Å². The molecule has 5 N–H and O–H groups in total. The minimum atomic E-state index is -4.60. The van der Waals surface area contributed by atoms with Crippen LogP contribution in [0.3, 0.4) is 0 Å². The molecule has 4 rings (SSSR count). The summed E-state index contributed by atoms with van der Waals surface area (Å²) >= 11 is 0. The Bertz CT molecular complexity index is 1890. The molecule has 0 aliphatic rings. The highest BCUT2D eigenvalue weighted by atomic mass is 32.2. The molecule has 0 unspecified atom stereocenters. The zero-order valence-corrected chi connectivity index (χ0v) is 22.6. The van der Waals surface area contributed by atoms with E-state index in [1.54, 1.807) is 19.1 Å². The summed E-state index contributed by atoms with van der Waals surface area (Å²) < 4.78 is 105. The van der Waals surface area contributed by atoms with Gasteiger partial charge in [0.15, 0.2) is 0 Å². The fourth-order valence-corrected chi connectivity index (χ4v) is 5.45. The molecule has 0 atom stereocenters. The molecule has 0 aromatic heterocycles. The highest BCUT2D eigenvalue weighted by molar-refractivity contribution is 7.86. The van der Waals surface area contributed by atoms with Crippen molar-refractivity contribution in [2.24, 2.45) is 0 Å². The summed E-state index contributed by atoms with van der Waals surface area (Å²) in [5.41, 5.74) is 0. The van der Waals surface area contributed by atoms with E-state index in [1.807, 2.05) is 0 Å². The molecule has 39 heavy (non-hydrogen) atoms. The third-order valence-corrected chi connectivity index (χ3v) is 7.85. The SMILES string of the molecule is CCOc1cc(S(=O)(=O)O)cc2cc(S(=O)(=O)O)cc(O)c12.COc1cccc2c(S(=O)(=O)O)ccc(O)c12. The lowest BCUT2D eigenvalue weighted by Gasteiger charge is -2.12. The average molecular weight is 603 g/mol. The van der Waals surface area contributed by atoms with Gasteiger partial charge in [-0.25, -0.2) is 0 Å². The minimum absolute atomic E-state index is 0.0359. The molecular weight excluding hydrogens is 580 g/mol. The Hall–Kier alpha value is -3.67. The van der Waals surface area contributed by atoms with Crippen molar-refractivity contribution in [2.75, 3.05) is 13.7 Å². The van der Waals surface area contributed by atoms with Crippen LogP contribution in [0.25, 0.3) is 21.5 Å². The average Bonchev–Trinajstić information content (AvgIpc) is 2.82. The van der Waals surface area contributed by atoms with Gasteiger partial charge in [-0.1, -0.05) is 12.1 Å². The van der Waals surface area contributed by atoms with Gasteiger partial charge < -0.3 is 19.7 Å². The molecule has 4 aromatic rings. The van der Waals surface area contributed by atoms with E-state index in [4.69, 9.17) is 23.1 Å². The lowest BCUT2D eigenvalue weighted by molar-refractivity contribution is 0.342. The normalized spacial score (nSPS) is 12.1. The summed E-state index contributed by atoms with van der Waals surface area (Å²) in [6, 6.07) is 10.7. The Morgan fingerprint density at radius 3 is 1.79 bits per heavy atom. The van der Waals surface area contributed by atoms with Gasteiger partial charge in [0.05, 0.1) is 34.3 Å². The number of hydrogen-bond acceptors (Lipinski definition) is 10. The van der Waals surface area contributed by atoms with Crippen LogP contribution in [0.5, 0.6) is 23.0 Å². The standard InChI is InChI=1S/C12H12O8S2.C11H10O5S/c1-2-20-11-6-9(22(17,18)19)4-7-3-8(21(14,15)16)5-10(13)12(7)11;1-16-9-4-2-3-7-10(17(13,14)15)6-5-8(12)11(7)9/h3-6,13H,2H2,1H3,(H,14,15,16)(H,17,18,19);2-6,12H,1H3,(H,13,14,15). The Morgan fingerprint density at radius 1 is 0.692 bits per heavy atom. The van der Waals surface area contributed by atoms with Gasteiger partial charge in [0.1, 0.15) is 27.9 Å². The number of phenolic OH excluding ortho intramolecular Hbond substituents is 2. The lowest BCUT2D eigenvalue weighted by atomic mass is 10.1. The smallest absolute Gasteiger partial charge is 0.295 e. The first kappa shape index (κ1) is 29.9. The zero-order chi connectivity index (χ0) is 29.3. The maximum Gasteiger partial charge on any atom is 0.295 e. The number of benzene rings is 4. The van der Waals surface area contributed by atoms with Gasteiger partial charge in [-0.15, -0.1) is 0 Å². The molecular formula is C23H22O13S3. The minimum Gasteiger partial charge on any atom is -0.507 e. The molecule has 0 saturated carbocycles. The van der Waals surface area contributed by atoms with E-state index < -0.39 is 45.9 Å². The van der Waals surface area contributed by atoms with Crippen molar-refractivity contribution in [3.05, 3.63) is 54.6 Å². The molecule has 0 fully saturated rings. The van der Waals surface area contributed by atoms with E-state index in [0.717, 1.165) is 30.3 Å². The molecule has 0 spiro atoms. The second kappa shape index (κ2) is 10.8. The molecule has 210 valence electrons. The zero-order valence-electron chi connectivity index (χ0n) is 20.1. The molecule has 0 bridgehead atoms. The number of fused-ring (bicyclic) bond motifs is 2. The van der Waals surface area contributed by atoms with Crippen molar-refractivity contribution >= 4 is 51.9 Å². The van der Waals surface area contributed by atoms with Crippen molar-refractivity contribution in [3.8, 4) is 23.0 Å². The van der Waals surface area contributed by atoms with Crippen LogP contribution in [-0.4, -0.2) is 62.8 Å². The number of phenols is 2. The van der Waals surface area contributed by atoms with E-state index >= 15 is 0 Å². The molecule has 4 aromatic carbocycles. The van der Waals surface area contributed by atoms with Crippen molar-refractivity contribution in [1.29, 1.82) is 0 Å². The number of rotatable bonds is 6. The number of ether oxygens (including phenoxy) is 2. The monoisotopic (exact) mass is 602 g/mol. The predicted octanol–water partition coefficient (Wildman–Crippen LogP) is 3.24. The summed E-state index contributed by atoms with van der Waals surface area (Å²) in [5.74, 6) is -0.335. The Labute approximate surface area is 223 Å². The molecule has 0 saturated heterocycles. The predicted molar refractivity (Wildman–Crippen MR) is 138 cm³/mol. The van der Waals surface area contributed by atoms with E-state index in [0.29, 0.717) is 5.75 Å². The van der Waals surface area contributed by atoms with Crippen molar-refractivity contribution in [1.82, 2.24) is 0 Å². The quantitative estimate of drug-likeness (QED) is 0.200. The fraction of sp³-hybridized carbons (Fsp3) is 0.130. The number of hydrogen-bond donors (Lipinski definition) is 5. The van der Waals surface area contributed by atoms with Crippen LogP contribution in [0.4, 0.5) is 0 Å². The van der Waals surface area contributed by atoms with Gasteiger partial charge in [0.2, 0.25) is 0 Å². The number of methoxy groups -OCH3 is 1. The summed E-state index contributed by atoms with van der Waals surface area (Å²) in [7, 11) is -12.1. The highest BCUT2D eigenvalue weighted by Gasteiger charge is 2.20. The van der Waals surface area contributed by atoms with Crippen LogP contribution in [0.2, 0.25) is 0 Å². The summed E-state index contributed by atoms with van der Waals surface area (Å²) in [6.45, 7) is 1.76. The Morgan fingerprint density at radius 2 is 1.28 bits per heavy atom. The van der Waals surface area contributed by atoms with E-state index in [9.17, 15) is 35.5 Å². The largest absolute Gasteiger partial charge is 0.507 e. The van der Waals surface area contributed by atoms with Crippen LogP contribution in [0.15, 0.2) is 69.3 Å². The van der Waals surface area contributed by atoms with Crippen molar-refractivity contribution < 1.29 is 58.6 Å². The number of aromatic hydroxyl groups is 2. The highest BCUT2D eigenvalue weighted by Crippen LogP contribution is 2.38. The second-order valence-corrected chi connectivity index (χ2v) is 12.0. The molecule has 0 aliphatic carbocycles. The lowest BCUT2D eigenvalue weighted by Crippen LogP contribution is -2.02. The Balaban J connectivity index is 0.000000223. The first-order valence-corrected chi connectivity index (χ1v) is 15.0. The van der Waals surface area contributed by atoms with Gasteiger partial charge in [0.25, 0.3) is 30.4 Å². The van der Waals surface area contributed by atoms with Crippen LogP contribution in [0, 0.1) is 0 Å². The first-order chi connectivity index (χ1) is 18.0. The third kappa shape index (κ3) is 6.49. The van der Waals surface area contributed by atoms with Crippen LogP contribution in [-0.2, 0) is 30.4 Å². The van der Waals surface area contributed by atoms with E-state index in [1.165, 1.54) is 19.2 Å². The molecule has 0 radical (unpaired) electrons. The molecule has 0 heterocycles. The van der Waals surface area contributed by atoms with Crippen molar-refractivity contribution in [2.45, 2.75) is 21.6 Å². The van der Waals surface area contributed by atoms with Crippen LogP contribution < -0.4 is 9.47 Å². The van der Waals surface area contributed by atoms with Gasteiger partial charge >= 0.3 is 0 Å². The van der Waals surface area contributed by atoms with Crippen LogP contribution in [0.1, 0.15) is 6.92 Å². The topological polar surface area (TPSA) is 222 Å². The molecule has 0 aliphatic heterocycles. The summed E-state index contributed by atoms with van der Waals surface area (Å²) in [5, 5.41) is 20.2. The molecule has 0 amide bonds. The van der Waals surface area contributed by atoms with E-state index in [-0.39, 0.29) is 44.5 Å². The van der Waals surface area contributed by atoms with Gasteiger partial charge in [-0.05, 0) is 42.6 Å². The molecule has 13 nitrogen and oxygen atoms in total. The first-order valence-electron chi connectivity index (χ1n) is 10.6. The van der Waals surface area contributed by atoms with Gasteiger partial charge in [0, 0.05) is 17.5 Å². The summed E-state index contributed by atoms with van der Waals surface area (Å²) in [4.78, 5) is -1.41. The summed E-state index contributed by atoms with van der Waals surface area (Å²) in [6.07, 6.45) is 0. The fourth-order valence-electron chi connectivity index (χ4n) is 3.69. The van der Waals surface area contributed by atoms with Crippen molar-refractivity contribution in [3.63, 3.8) is 0 Å². The molecule has 16 heteroatoms. The Kier molecular flexibility index (Phi) is 8.30. The van der Waals surface area contributed by atoms with Crippen LogP contribution >= 0.6 is 0 Å². The van der Waals surface area contributed by atoms with E-state index in [2.05, 4.69) is 0 Å².